The van der Waals surface area contributed by atoms with Crippen LogP contribution in [0, 0.1) is 11.6 Å². The zero-order valence-corrected chi connectivity index (χ0v) is 16.4. The molecule has 1 aliphatic rings. The van der Waals surface area contributed by atoms with Crippen molar-refractivity contribution >= 4 is 38.9 Å². The van der Waals surface area contributed by atoms with Crippen molar-refractivity contribution in [2.24, 2.45) is 0 Å². The molecule has 1 heterocycles. The maximum absolute atomic E-state index is 14.0. The molecule has 0 spiro atoms. The van der Waals surface area contributed by atoms with Crippen molar-refractivity contribution in [2.45, 2.75) is 12.8 Å². The summed E-state index contributed by atoms with van der Waals surface area (Å²) in [6.45, 7) is -0.0508. The van der Waals surface area contributed by atoms with Gasteiger partial charge in [0, 0.05) is 30.4 Å². The molecule has 0 aliphatic carbocycles. The number of carbonyl (C=O) groups is 2. The summed E-state index contributed by atoms with van der Waals surface area (Å²) in [5.41, 5.74) is 0.669. The van der Waals surface area contributed by atoms with Gasteiger partial charge in [0.2, 0.25) is 21.8 Å². The van der Waals surface area contributed by atoms with Gasteiger partial charge in [-0.25, -0.2) is 17.2 Å². The third kappa shape index (κ3) is 4.89. The second-order valence-corrected chi connectivity index (χ2v) is 8.52. The van der Waals surface area contributed by atoms with Gasteiger partial charge in [-0.05, 0) is 42.8 Å². The standard InChI is InChI=1S/C19H19F2N3O4S/c1-29(27,28)24(17-9-4-13(20)11-16(17)21)12-18(25)22-14-5-7-15(8-6-14)23-10-2-3-19(23)26/h4-9,11H,2-3,10,12H2,1H3,(H,22,25). The van der Waals surface area contributed by atoms with Crippen LogP contribution in [-0.2, 0) is 19.6 Å². The van der Waals surface area contributed by atoms with Gasteiger partial charge in [0.15, 0.2) is 0 Å². The van der Waals surface area contributed by atoms with E-state index < -0.39 is 39.8 Å². The lowest BCUT2D eigenvalue weighted by Crippen LogP contribution is -2.38. The molecule has 154 valence electrons. The quantitative estimate of drug-likeness (QED) is 0.774. The Morgan fingerprint density at radius 1 is 1.17 bits per heavy atom. The van der Waals surface area contributed by atoms with Crippen LogP contribution in [0.1, 0.15) is 12.8 Å². The zero-order valence-electron chi connectivity index (χ0n) is 15.6. The Kier molecular flexibility index (Phi) is 5.83. The molecule has 2 aromatic rings. The first-order valence-electron chi connectivity index (χ1n) is 8.78. The maximum atomic E-state index is 14.0. The third-order valence-corrected chi connectivity index (χ3v) is 5.53. The van der Waals surface area contributed by atoms with Crippen molar-refractivity contribution in [1.82, 2.24) is 0 Å². The molecule has 0 aromatic heterocycles. The minimum atomic E-state index is -4.00. The lowest BCUT2D eigenvalue weighted by molar-refractivity contribution is -0.117. The lowest BCUT2D eigenvalue weighted by atomic mass is 10.2. The number of halogens is 2. The molecule has 3 rings (SSSR count). The summed E-state index contributed by atoms with van der Waals surface area (Å²) in [6.07, 6.45) is 2.11. The Morgan fingerprint density at radius 3 is 2.41 bits per heavy atom. The average Bonchev–Trinajstić information content (AvgIpc) is 3.06. The fraction of sp³-hybridized carbons (Fsp3) is 0.263. The summed E-state index contributed by atoms with van der Waals surface area (Å²) >= 11 is 0. The minimum Gasteiger partial charge on any atom is -0.325 e. The van der Waals surface area contributed by atoms with E-state index in [1.54, 1.807) is 29.2 Å². The van der Waals surface area contributed by atoms with E-state index in [2.05, 4.69) is 5.32 Å². The van der Waals surface area contributed by atoms with Gasteiger partial charge in [-0.15, -0.1) is 0 Å². The van der Waals surface area contributed by atoms with E-state index >= 15 is 0 Å². The van der Waals surface area contributed by atoms with Crippen molar-refractivity contribution in [2.75, 3.05) is 33.9 Å². The lowest BCUT2D eigenvalue weighted by Gasteiger charge is -2.22. The van der Waals surface area contributed by atoms with Gasteiger partial charge in [-0.3, -0.25) is 13.9 Å². The molecule has 1 aliphatic heterocycles. The molecule has 2 aromatic carbocycles. The molecule has 0 unspecified atom stereocenters. The number of carbonyl (C=O) groups excluding carboxylic acids is 2. The number of rotatable bonds is 6. The van der Waals surface area contributed by atoms with Gasteiger partial charge in [0.25, 0.3) is 0 Å². The van der Waals surface area contributed by atoms with Crippen LogP contribution in [0.2, 0.25) is 0 Å². The Hall–Kier alpha value is -3.01. The number of nitrogens with one attached hydrogen (secondary N) is 1. The molecule has 1 saturated heterocycles. The fourth-order valence-electron chi connectivity index (χ4n) is 3.04. The van der Waals surface area contributed by atoms with Crippen LogP contribution in [0.5, 0.6) is 0 Å². The summed E-state index contributed by atoms with van der Waals surface area (Å²) in [7, 11) is -4.00. The van der Waals surface area contributed by atoms with Crippen molar-refractivity contribution < 1.29 is 26.8 Å². The van der Waals surface area contributed by atoms with Crippen molar-refractivity contribution in [1.29, 1.82) is 0 Å². The molecular weight excluding hydrogens is 404 g/mol. The highest BCUT2D eigenvalue weighted by Crippen LogP contribution is 2.24. The van der Waals surface area contributed by atoms with Crippen LogP contribution < -0.4 is 14.5 Å². The topological polar surface area (TPSA) is 86.8 Å². The number of sulfonamides is 1. The second kappa shape index (κ2) is 8.16. The van der Waals surface area contributed by atoms with Gasteiger partial charge < -0.3 is 10.2 Å². The van der Waals surface area contributed by atoms with Gasteiger partial charge in [0.05, 0.1) is 11.9 Å². The summed E-state index contributed by atoms with van der Waals surface area (Å²) in [4.78, 5) is 25.8. The number of amides is 2. The highest BCUT2D eigenvalue weighted by Gasteiger charge is 2.24. The summed E-state index contributed by atoms with van der Waals surface area (Å²) in [5, 5.41) is 2.53. The number of hydrogen-bond acceptors (Lipinski definition) is 4. The molecule has 0 saturated carbocycles. The van der Waals surface area contributed by atoms with E-state index in [0.29, 0.717) is 34.7 Å². The molecule has 0 bridgehead atoms. The van der Waals surface area contributed by atoms with Crippen LogP contribution in [0.25, 0.3) is 0 Å². The first kappa shape index (κ1) is 20.7. The highest BCUT2D eigenvalue weighted by molar-refractivity contribution is 7.92. The number of nitrogens with zero attached hydrogens (tertiary/aromatic N) is 2. The van der Waals surface area contributed by atoms with E-state index in [1.807, 2.05) is 0 Å². The van der Waals surface area contributed by atoms with Crippen molar-refractivity contribution in [3.05, 3.63) is 54.1 Å². The summed E-state index contributed by atoms with van der Waals surface area (Å²) < 4.78 is 51.8. The fourth-order valence-corrected chi connectivity index (χ4v) is 3.90. The molecule has 0 atom stereocenters. The van der Waals surface area contributed by atoms with Gasteiger partial charge >= 0.3 is 0 Å². The third-order valence-electron chi connectivity index (χ3n) is 4.40. The molecule has 0 radical (unpaired) electrons. The van der Waals surface area contributed by atoms with E-state index in [4.69, 9.17) is 0 Å². The SMILES string of the molecule is CS(=O)(=O)N(CC(=O)Nc1ccc(N2CCCC2=O)cc1)c1ccc(F)cc1F. The highest BCUT2D eigenvalue weighted by atomic mass is 32.2. The molecule has 10 heteroatoms. The van der Waals surface area contributed by atoms with Crippen LogP contribution in [0.15, 0.2) is 42.5 Å². The molecule has 1 N–H and O–H groups in total. The van der Waals surface area contributed by atoms with E-state index in [9.17, 15) is 26.8 Å². The predicted molar refractivity (Wildman–Crippen MR) is 105 cm³/mol. The smallest absolute Gasteiger partial charge is 0.245 e. The molecule has 29 heavy (non-hydrogen) atoms. The van der Waals surface area contributed by atoms with Crippen LogP contribution >= 0.6 is 0 Å². The van der Waals surface area contributed by atoms with Gasteiger partial charge in [0.1, 0.15) is 18.2 Å². The van der Waals surface area contributed by atoms with Gasteiger partial charge in [-0.1, -0.05) is 0 Å². The van der Waals surface area contributed by atoms with E-state index in [-0.39, 0.29) is 5.91 Å². The average molecular weight is 423 g/mol. The van der Waals surface area contributed by atoms with Crippen LogP contribution in [-0.4, -0.2) is 39.6 Å². The van der Waals surface area contributed by atoms with Gasteiger partial charge in [-0.2, -0.15) is 0 Å². The Morgan fingerprint density at radius 2 is 1.86 bits per heavy atom. The monoisotopic (exact) mass is 423 g/mol. The molecule has 2 amide bonds. The van der Waals surface area contributed by atoms with Crippen LogP contribution in [0.3, 0.4) is 0 Å². The Labute approximate surface area is 167 Å². The number of anilines is 3. The van der Waals surface area contributed by atoms with E-state index in [0.717, 1.165) is 24.8 Å². The largest absolute Gasteiger partial charge is 0.325 e. The maximum Gasteiger partial charge on any atom is 0.245 e. The first-order valence-corrected chi connectivity index (χ1v) is 10.6. The minimum absolute atomic E-state index is 0.0342. The van der Waals surface area contributed by atoms with Crippen molar-refractivity contribution in [3.63, 3.8) is 0 Å². The second-order valence-electron chi connectivity index (χ2n) is 6.61. The summed E-state index contributed by atoms with van der Waals surface area (Å²) in [5.74, 6) is -2.63. The molecule has 7 nitrogen and oxygen atoms in total. The summed E-state index contributed by atoms with van der Waals surface area (Å²) in [6, 6.07) is 8.93. The number of hydrogen-bond donors (Lipinski definition) is 1. The molecular formula is C19H19F2N3O4S. The molecule has 1 fully saturated rings. The predicted octanol–water partition coefficient (Wildman–Crippen LogP) is 2.50. The zero-order chi connectivity index (χ0) is 21.2. The normalized spacial score (nSPS) is 14.2. The van der Waals surface area contributed by atoms with Crippen molar-refractivity contribution in [3.8, 4) is 0 Å². The Balaban J connectivity index is 1.73. The Bertz CT molecular complexity index is 1040. The number of benzene rings is 2. The van der Waals surface area contributed by atoms with Crippen LogP contribution in [0.4, 0.5) is 25.8 Å². The van der Waals surface area contributed by atoms with E-state index in [1.165, 1.54) is 0 Å². The first-order chi connectivity index (χ1) is 13.6.